The van der Waals surface area contributed by atoms with Gasteiger partial charge in [0.25, 0.3) is 0 Å². The van der Waals surface area contributed by atoms with Gasteiger partial charge in [-0.1, -0.05) is 0 Å². The van der Waals surface area contributed by atoms with E-state index in [0.29, 0.717) is 36.3 Å². The summed E-state index contributed by atoms with van der Waals surface area (Å²) in [4.78, 5) is 4.41. The lowest BCUT2D eigenvalue weighted by atomic mass is 10.2. The van der Waals surface area contributed by atoms with Gasteiger partial charge in [-0.25, -0.2) is 8.42 Å². The van der Waals surface area contributed by atoms with Crippen molar-refractivity contribution in [2.75, 3.05) is 25.5 Å². The van der Waals surface area contributed by atoms with Crippen molar-refractivity contribution in [3.05, 3.63) is 30.5 Å². The molecule has 1 unspecified atom stereocenters. The van der Waals surface area contributed by atoms with Crippen LogP contribution in [0.25, 0.3) is 10.9 Å². The molecule has 0 aliphatic carbocycles. The van der Waals surface area contributed by atoms with Crippen LogP contribution in [0.1, 0.15) is 6.92 Å². The lowest BCUT2D eigenvalue weighted by Crippen LogP contribution is -2.47. The molecule has 1 aromatic heterocycles. The minimum atomic E-state index is -3.62. The molecule has 0 saturated carbocycles. The molecule has 6 nitrogen and oxygen atoms in total. The number of nitrogens with two attached hydrogens (primary N) is 1. The Bertz CT molecular complexity index is 776. The van der Waals surface area contributed by atoms with E-state index in [4.69, 9.17) is 10.5 Å². The van der Waals surface area contributed by atoms with E-state index in [1.165, 1.54) is 10.4 Å². The molecule has 0 radical (unpaired) electrons. The van der Waals surface area contributed by atoms with Crippen molar-refractivity contribution in [3.8, 4) is 0 Å². The van der Waals surface area contributed by atoms with E-state index in [9.17, 15) is 8.42 Å². The van der Waals surface area contributed by atoms with Gasteiger partial charge in [-0.3, -0.25) is 4.98 Å². The molecule has 2 heterocycles. The Kier molecular flexibility index (Phi) is 3.56. The van der Waals surface area contributed by atoms with Gasteiger partial charge in [-0.15, -0.1) is 0 Å². The molecule has 21 heavy (non-hydrogen) atoms. The lowest BCUT2D eigenvalue weighted by Gasteiger charge is -2.32. The fourth-order valence-corrected chi connectivity index (χ4v) is 4.32. The molecule has 2 N–H and O–H groups in total. The first-order valence-corrected chi connectivity index (χ1v) is 8.18. The van der Waals surface area contributed by atoms with Gasteiger partial charge in [0.15, 0.2) is 0 Å². The lowest BCUT2D eigenvalue weighted by molar-refractivity contribution is 0.0393. The van der Waals surface area contributed by atoms with Gasteiger partial charge in [-0.2, -0.15) is 4.31 Å². The second-order valence-electron chi connectivity index (χ2n) is 5.09. The van der Waals surface area contributed by atoms with Crippen LogP contribution in [0, 0.1) is 0 Å². The summed E-state index contributed by atoms with van der Waals surface area (Å²) in [5.74, 6) is 0. The van der Waals surface area contributed by atoms with Gasteiger partial charge in [-0.05, 0) is 31.2 Å². The number of benzene rings is 1. The van der Waals surface area contributed by atoms with Crippen LogP contribution in [-0.4, -0.2) is 43.5 Å². The normalized spacial score (nSPS) is 20.7. The smallest absolute Gasteiger partial charge is 0.245 e. The Morgan fingerprint density at radius 2 is 2.19 bits per heavy atom. The average molecular weight is 307 g/mol. The zero-order chi connectivity index (χ0) is 15.0. The molecule has 1 aliphatic heterocycles. The number of aromatic nitrogens is 1. The predicted molar refractivity (Wildman–Crippen MR) is 80.3 cm³/mol. The summed E-state index contributed by atoms with van der Waals surface area (Å²) >= 11 is 0. The molecular formula is C14H17N3O3S. The van der Waals surface area contributed by atoms with Crippen LogP contribution in [-0.2, 0) is 14.8 Å². The molecule has 0 bridgehead atoms. The first-order valence-electron chi connectivity index (χ1n) is 6.74. The number of nitrogens with zero attached hydrogens (tertiary/aromatic N) is 2. The van der Waals surface area contributed by atoms with Crippen molar-refractivity contribution < 1.29 is 13.2 Å². The molecule has 0 spiro atoms. The fourth-order valence-electron chi connectivity index (χ4n) is 2.57. The molecule has 2 aromatic rings. The molecule has 7 heteroatoms. The molecule has 1 aliphatic rings. The van der Waals surface area contributed by atoms with Crippen molar-refractivity contribution in [2.45, 2.75) is 17.9 Å². The van der Waals surface area contributed by atoms with Crippen molar-refractivity contribution in [3.63, 3.8) is 0 Å². The summed E-state index contributed by atoms with van der Waals surface area (Å²) in [7, 11) is -3.62. The maximum absolute atomic E-state index is 12.9. The zero-order valence-electron chi connectivity index (χ0n) is 11.7. The molecule has 1 fully saturated rings. The van der Waals surface area contributed by atoms with Crippen molar-refractivity contribution in [2.24, 2.45) is 0 Å². The summed E-state index contributed by atoms with van der Waals surface area (Å²) in [6, 6.07) is 6.47. The summed E-state index contributed by atoms with van der Waals surface area (Å²) < 4.78 is 32.6. The van der Waals surface area contributed by atoms with Gasteiger partial charge in [0.2, 0.25) is 10.0 Å². The highest BCUT2D eigenvalue weighted by Gasteiger charge is 2.33. The topological polar surface area (TPSA) is 85.5 Å². The number of anilines is 1. The van der Waals surface area contributed by atoms with E-state index < -0.39 is 10.0 Å². The number of sulfonamides is 1. The highest BCUT2D eigenvalue weighted by Crippen LogP contribution is 2.29. The number of pyridine rings is 1. The van der Waals surface area contributed by atoms with Crippen LogP contribution in [0.3, 0.4) is 0 Å². The van der Waals surface area contributed by atoms with Crippen LogP contribution < -0.4 is 5.73 Å². The van der Waals surface area contributed by atoms with E-state index in [1.54, 1.807) is 24.4 Å². The SMILES string of the molecule is CC1COCCN1S(=O)(=O)c1ccc(N)c2cccnc12. The highest BCUT2D eigenvalue weighted by molar-refractivity contribution is 7.89. The minimum absolute atomic E-state index is 0.194. The number of ether oxygens (including phenoxy) is 1. The molecule has 112 valence electrons. The van der Waals surface area contributed by atoms with E-state index >= 15 is 0 Å². The summed E-state index contributed by atoms with van der Waals surface area (Å²) in [5.41, 5.74) is 6.84. The van der Waals surface area contributed by atoms with Crippen LogP contribution in [0.4, 0.5) is 5.69 Å². The zero-order valence-corrected chi connectivity index (χ0v) is 12.5. The number of fused-ring (bicyclic) bond motifs is 1. The molecule has 1 atom stereocenters. The summed E-state index contributed by atoms with van der Waals surface area (Å²) in [6.45, 7) is 3.00. The molecule has 1 aromatic carbocycles. The third-order valence-electron chi connectivity index (χ3n) is 3.66. The van der Waals surface area contributed by atoms with Crippen LogP contribution >= 0.6 is 0 Å². The minimum Gasteiger partial charge on any atom is -0.398 e. The summed E-state index contributed by atoms with van der Waals surface area (Å²) in [6.07, 6.45) is 1.57. The maximum Gasteiger partial charge on any atom is 0.245 e. The highest BCUT2D eigenvalue weighted by atomic mass is 32.2. The van der Waals surface area contributed by atoms with Gasteiger partial charge >= 0.3 is 0 Å². The van der Waals surface area contributed by atoms with Gasteiger partial charge in [0.1, 0.15) is 4.90 Å². The van der Waals surface area contributed by atoms with Gasteiger partial charge in [0, 0.05) is 29.9 Å². The molecule has 3 rings (SSSR count). The average Bonchev–Trinajstić information content (AvgIpc) is 2.48. The second-order valence-corrected chi connectivity index (χ2v) is 6.95. The quantitative estimate of drug-likeness (QED) is 0.843. The Balaban J connectivity index is 2.17. The van der Waals surface area contributed by atoms with E-state index in [-0.39, 0.29) is 10.9 Å². The second kappa shape index (κ2) is 5.25. The van der Waals surface area contributed by atoms with Gasteiger partial charge < -0.3 is 10.5 Å². The Morgan fingerprint density at radius 1 is 1.38 bits per heavy atom. The van der Waals surface area contributed by atoms with Crippen LogP contribution in [0.15, 0.2) is 35.4 Å². The molecular weight excluding hydrogens is 290 g/mol. The first-order chi connectivity index (χ1) is 10.0. The maximum atomic E-state index is 12.9. The van der Waals surface area contributed by atoms with E-state index in [1.807, 2.05) is 6.92 Å². The van der Waals surface area contributed by atoms with Gasteiger partial charge in [0.05, 0.1) is 18.7 Å². The largest absolute Gasteiger partial charge is 0.398 e. The Hall–Kier alpha value is -1.70. The van der Waals surface area contributed by atoms with Crippen molar-refractivity contribution in [1.82, 2.24) is 9.29 Å². The fraction of sp³-hybridized carbons (Fsp3) is 0.357. The standard InChI is InChI=1S/C14H17N3O3S/c1-10-9-20-8-7-17(10)21(18,19)13-5-4-12(15)11-3-2-6-16-14(11)13/h2-6,10H,7-9,15H2,1H3. The third-order valence-corrected chi connectivity index (χ3v) is 5.70. The number of rotatable bonds is 2. The van der Waals surface area contributed by atoms with Crippen LogP contribution in [0.2, 0.25) is 0 Å². The predicted octanol–water partition coefficient (Wildman–Crippen LogP) is 1.23. The van der Waals surface area contributed by atoms with Crippen molar-refractivity contribution >= 4 is 26.6 Å². The molecule has 0 amide bonds. The number of nitrogen functional groups attached to an aromatic ring is 1. The van der Waals surface area contributed by atoms with Crippen LogP contribution in [0.5, 0.6) is 0 Å². The first kappa shape index (κ1) is 14.2. The Morgan fingerprint density at radius 3 is 2.95 bits per heavy atom. The summed E-state index contributed by atoms with van der Waals surface area (Å²) in [5, 5.41) is 0.652. The number of morpholine rings is 1. The number of hydrogen-bond donors (Lipinski definition) is 1. The van der Waals surface area contributed by atoms with E-state index in [0.717, 1.165) is 0 Å². The van der Waals surface area contributed by atoms with Crippen molar-refractivity contribution in [1.29, 1.82) is 0 Å². The Labute approximate surface area is 123 Å². The number of hydrogen-bond acceptors (Lipinski definition) is 5. The van der Waals surface area contributed by atoms with E-state index in [2.05, 4.69) is 4.98 Å². The molecule has 1 saturated heterocycles. The monoisotopic (exact) mass is 307 g/mol. The third kappa shape index (κ3) is 2.37.